The molecule has 0 radical (unpaired) electrons. The van der Waals surface area contributed by atoms with E-state index in [9.17, 15) is 14.9 Å². The van der Waals surface area contributed by atoms with Gasteiger partial charge in [0.1, 0.15) is 5.02 Å². The fraction of sp³-hybridized carbons (Fsp3) is 0.286. The molecule has 0 atom stereocenters. The highest BCUT2D eigenvalue weighted by molar-refractivity contribution is 6.32. The predicted octanol–water partition coefficient (Wildman–Crippen LogP) is 5.48. The molecule has 1 amide bonds. The second kappa shape index (κ2) is 11.1. The van der Waals surface area contributed by atoms with Gasteiger partial charge in [-0.15, -0.1) is 0 Å². The maximum absolute atomic E-state index is 12.1. The number of carbonyl (C=O) groups is 1. The van der Waals surface area contributed by atoms with Crippen LogP contribution in [-0.2, 0) is 4.79 Å². The van der Waals surface area contributed by atoms with E-state index in [0.717, 1.165) is 18.4 Å². The van der Waals surface area contributed by atoms with Crippen LogP contribution in [-0.4, -0.2) is 24.0 Å². The Morgan fingerprint density at radius 3 is 2.66 bits per heavy atom. The van der Waals surface area contributed by atoms with Gasteiger partial charge < -0.3 is 14.8 Å². The summed E-state index contributed by atoms with van der Waals surface area (Å²) in [6, 6.07) is 9.49. The van der Waals surface area contributed by atoms with E-state index in [1.165, 1.54) is 24.3 Å². The van der Waals surface area contributed by atoms with Crippen LogP contribution < -0.4 is 14.8 Å². The Labute approximate surface area is 174 Å². The number of hydrogen-bond donors (Lipinski definition) is 1. The van der Waals surface area contributed by atoms with Gasteiger partial charge in [-0.05, 0) is 49.2 Å². The Balaban J connectivity index is 2.08. The lowest BCUT2D eigenvalue weighted by molar-refractivity contribution is -0.384. The molecule has 0 unspecified atom stereocenters. The number of hydrogen-bond acceptors (Lipinski definition) is 5. The van der Waals surface area contributed by atoms with Crippen molar-refractivity contribution in [2.75, 3.05) is 18.5 Å². The average Bonchev–Trinajstić information content (AvgIpc) is 2.69. The number of carbonyl (C=O) groups excluding carboxylic acids is 1. The third-order valence-corrected chi connectivity index (χ3v) is 4.18. The molecule has 0 fully saturated rings. The minimum Gasteiger partial charge on any atom is -0.490 e. The van der Waals surface area contributed by atoms with Crippen LogP contribution in [0.2, 0.25) is 5.02 Å². The molecule has 29 heavy (non-hydrogen) atoms. The summed E-state index contributed by atoms with van der Waals surface area (Å²) < 4.78 is 11.4. The number of ether oxygens (including phenoxy) is 2. The fourth-order valence-electron chi connectivity index (χ4n) is 2.43. The summed E-state index contributed by atoms with van der Waals surface area (Å²) in [6.07, 6.45) is 4.95. The summed E-state index contributed by atoms with van der Waals surface area (Å²) in [6.45, 7) is 5.08. The highest BCUT2D eigenvalue weighted by atomic mass is 35.5. The Bertz CT molecular complexity index is 899. The molecule has 2 aromatic carbocycles. The largest absolute Gasteiger partial charge is 0.490 e. The summed E-state index contributed by atoms with van der Waals surface area (Å²) in [5.41, 5.74) is 0.771. The standard InChI is InChI=1S/C21H23ClN2O5/c1-3-5-12-29-19-10-6-15(13-20(19)28-4-2)7-11-21(25)23-16-8-9-17(22)18(14-16)24(26)27/h6-11,13-14H,3-5,12H2,1-2H3,(H,23,25)/b11-7+. The van der Waals surface area contributed by atoms with Gasteiger partial charge in [0.2, 0.25) is 5.91 Å². The van der Waals surface area contributed by atoms with Crippen LogP contribution in [0.25, 0.3) is 6.08 Å². The van der Waals surface area contributed by atoms with Crippen LogP contribution in [0.3, 0.4) is 0 Å². The third kappa shape index (κ3) is 6.80. The molecule has 0 aliphatic carbocycles. The van der Waals surface area contributed by atoms with Gasteiger partial charge in [0.05, 0.1) is 18.1 Å². The number of nitro benzene ring substituents is 1. The van der Waals surface area contributed by atoms with E-state index in [0.29, 0.717) is 24.7 Å². The molecular weight excluding hydrogens is 396 g/mol. The van der Waals surface area contributed by atoms with Gasteiger partial charge in [-0.2, -0.15) is 0 Å². The molecule has 1 N–H and O–H groups in total. The molecule has 2 rings (SSSR count). The highest BCUT2D eigenvalue weighted by Gasteiger charge is 2.13. The molecule has 0 saturated heterocycles. The summed E-state index contributed by atoms with van der Waals surface area (Å²) in [5.74, 6) is 0.845. The van der Waals surface area contributed by atoms with E-state index in [1.54, 1.807) is 18.2 Å². The molecule has 7 nitrogen and oxygen atoms in total. The van der Waals surface area contributed by atoms with Crippen LogP contribution in [0.4, 0.5) is 11.4 Å². The average molecular weight is 419 g/mol. The summed E-state index contributed by atoms with van der Waals surface area (Å²) >= 11 is 5.77. The number of anilines is 1. The van der Waals surface area contributed by atoms with Crippen molar-refractivity contribution in [3.05, 3.63) is 63.2 Å². The lowest BCUT2D eigenvalue weighted by atomic mass is 10.2. The van der Waals surface area contributed by atoms with Crippen LogP contribution >= 0.6 is 11.6 Å². The summed E-state index contributed by atoms with van der Waals surface area (Å²) in [7, 11) is 0. The number of unbranched alkanes of at least 4 members (excludes halogenated alkanes) is 1. The van der Waals surface area contributed by atoms with Crippen LogP contribution in [0, 0.1) is 10.1 Å². The van der Waals surface area contributed by atoms with Crippen molar-refractivity contribution in [3.63, 3.8) is 0 Å². The van der Waals surface area contributed by atoms with Gasteiger partial charge in [0.25, 0.3) is 5.69 Å². The zero-order chi connectivity index (χ0) is 21.2. The Morgan fingerprint density at radius 1 is 1.17 bits per heavy atom. The van der Waals surface area contributed by atoms with E-state index >= 15 is 0 Å². The van der Waals surface area contributed by atoms with Crippen LogP contribution in [0.1, 0.15) is 32.3 Å². The second-order valence-electron chi connectivity index (χ2n) is 6.09. The van der Waals surface area contributed by atoms with E-state index < -0.39 is 10.8 Å². The lowest BCUT2D eigenvalue weighted by Crippen LogP contribution is -2.08. The van der Waals surface area contributed by atoms with Crippen molar-refractivity contribution in [2.24, 2.45) is 0 Å². The molecule has 0 spiro atoms. The molecule has 0 aromatic heterocycles. The molecule has 0 saturated carbocycles. The van der Waals surface area contributed by atoms with Crippen molar-refractivity contribution < 1.29 is 19.2 Å². The zero-order valence-electron chi connectivity index (χ0n) is 16.3. The molecule has 0 bridgehead atoms. The number of nitro groups is 1. The van der Waals surface area contributed by atoms with E-state index in [4.69, 9.17) is 21.1 Å². The molecule has 0 aliphatic heterocycles. The monoisotopic (exact) mass is 418 g/mol. The topological polar surface area (TPSA) is 90.7 Å². The molecular formula is C21H23ClN2O5. The number of nitrogens with one attached hydrogen (secondary N) is 1. The van der Waals surface area contributed by atoms with Crippen LogP contribution in [0.15, 0.2) is 42.5 Å². The first-order chi connectivity index (χ1) is 13.9. The van der Waals surface area contributed by atoms with Gasteiger partial charge in [0.15, 0.2) is 11.5 Å². The normalized spacial score (nSPS) is 10.7. The third-order valence-electron chi connectivity index (χ3n) is 3.86. The van der Waals surface area contributed by atoms with Crippen molar-refractivity contribution in [1.82, 2.24) is 0 Å². The first-order valence-electron chi connectivity index (χ1n) is 9.27. The molecule has 0 heterocycles. The number of nitrogens with zero attached hydrogens (tertiary/aromatic N) is 1. The molecule has 0 aliphatic rings. The van der Waals surface area contributed by atoms with E-state index in [1.807, 2.05) is 13.0 Å². The quantitative estimate of drug-likeness (QED) is 0.239. The lowest BCUT2D eigenvalue weighted by Gasteiger charge is -2.12. The van der Waals surface area contributed by atoms with Gasteiger partial charge in [0, 0.05) is 17.8 Å². The van der Waals surface area contributed by atoms with Crippen molar-refractivity contribution in [1.29, 1.82) is 0 Å². The second-order valence-corrected chi connectivity index (χ2v) is 6.49. The first-order valence-corrected chi connectivity index (χ1v) is 9.65. The van der Waals surface area contributed by atoms with E-state index in [2.05, 4.69) is 12.2 Å². The van der Waals surface area contributed by atoms with Gasteiger partial charge in [-0.3, -0.25) is 14.9 Å². The SMILES string of the molecule is CCCCOc1ccc(/C=C/C(=O)Nc2ccc(Cl)c([N+](=O)[O-])c2)cc1OCC. The number of benzene rings is 2. The Hall–Kier alpha value is -3.06. The highest BCUT2D eigenvalue weighted by Crippen LogP contribution is 2.30. The molecule has 154 valence electrons. The maximum Gasteiger partial charge on any atom is 0.289 e. The summed E-state index contributed by atoms with van der Waals surface area (Å²) in [4.78, 5) is 22.5. The summed E-state index contributed by atoms with van der Waals surface area (Å²) in [5, 5.41) is 13.5. The Kier molecular flexibility index (Phi) is 8.48. The maximum atomic E-state index is 12.1. The molecule has 8 heteroatoms. The number of halogens is 1. The van der Waals surface area contributed by atoms with Crippen LogP contribution in [0.5, 0.6) is 11.5 Å². The minimum atomic E-state index is -0.604. The van der Waals surface area contributed by atoms with E-state index in [-0.39, 0.29) is 16.4 Å². The predicted molar refractivity (Wildman–Crippen MR) is 114 cm³/mol. The van der Waals surface area contributed by atoms with Crippen molar-refractivity contribution in [2.45, 2.75) is 26.7 Å². The number of rotatable bonds is 10. The molecule has 2 aromatic rings. The van der Waals surface area contributed by atoms with Gasteiger partial charge >= 0.3 is 0 Å². The van der Waals surface area contributed by atoms with Crippen molar-refractivity contribution in [3.8, 4) is 11.5 Å². The Morgan fingerprint density at radius 2 is 1.97 bits per heavy atom. The number of amides is 1. The van der Waals surface area contributed by atoms with Crippen molar-refractivity contribution >= 4 is 35.0 Å². The minimum absolute atomic E-state index is 0.00763. The zero-order valence-corrected chi connectivity index (χ0v) is 17.1. The smallest absolute Gasteiger partial charge is 0.289 e. The fourth-order valence-corrected chi connectivity index (χ4v) is 2.62. The van der Waals surface area contributed by atoms with Gasteiger partial charge in [-0.1, -0.05) is 31.0 Å². The van der Waals surface area contributed by atoms with Gasteiger partial charge in [-0.25, -0.2) is 0 Å². The first kappa shape index (κ1) is 22.2.